The molecule has 156 valence electrons. The third-order valence-electron chi connectivity index (χ3n) is 4.45. The van der Waals surface area contributed by atoms with Gasteiger partial charge in [0.15, 0.2) is 0 Å². The number of benzene rings is 1. The van der Waals surface area contributed by atoms with Crippen LogP contribution in [0, 0.1) is 0 Å². The zero-order valence-corrected chi connectivity index (χ0v) is 17.3. The van der Waals surface area contributed by atoms with Crippen LogP contribution in [0.15, 0.2) is 29.4 Å². The second kappa shape index (κ2) is 15.7. The number of methoxy groups -OCH3 is 1. The predicted octanol–water partition coefficient (Wildman–Crippen LogP) is 4.18. The molecule has 0 aliphatic rings. The zero-order chi connectivity index (χ0) is 20.5. The second-order valence-electron chi connectivity index (χ2n) is 6.92. The molecule has 2 amide bonds. The molecule has 6 heteroatoms. The Morgan fingerprint density at radius 2 is 1.68 bits per heavy atom. The summed E-state index contributed by atoms with van der Waals surface area (Å²) < 4.78 is 5.12. The predicted molar refractivity (Wildman–Crippen MR) is 114 cm³/mol. The highest BCUT2D eigenvalue weighted by atomic mass is 16.5. The van der Waals surface area contributed by atoms with Gasteiger partial charge < -0.3 is 10.1 Å². The number of hydrazone groups is 1. The van der Waals surface area contributed by atoms with Gasteiger partial charge >= 0.3 is 0 Å². The van der Waals surface area contributed by atoms with E-state index in [9.17, 15) is 9.59 Å². The van der Waals surface area contributed by atoms with Crippen LogP contribution in [-0.2, 0) is 9.59 Å². The Bertz CT molecular complexity index is 602. The maximum atomic E-state index is 11.8. The van der Waals surface area contributed by atoms with Crippen molar-refractivity contribution in [1.29, 1.82) is 0 Å². The fraction of sp³-hybridized carbons (Fsp3) is 0.591. The number of rotatable bonds is 15. The fourth-order valence-corrected chi connectivity index (χ4v) is 2.80. The van der Waals surface area contributed by atoms with Crippen molar-refractivity contribution in [3.8, 4) is 5.75 Å². The van der Waals surface area contributed by atoms with Gasteiger partial charge in [-0.3, -0.25) is 9.59 Å². The molecule has 0 bridgehead atoms. The minimum Gasteiger partial charge on any atom is -0.497 e. The molecule has 0 unspecified atom stereocenters. The molecule has 0 saturated carbocycles. The second-order valence-corrected chi connectivity index (χ2v) is 6.92. The van der Waals surface area contributed by atoms with Crippen LogP contribution in [0.1, 0.15) is 76.7 Å². The Hall–Kier alpha value is -2.37. The molecule has 0 fully saturated rings. The van der Waals surface area contributed by atoms with Crippen LogP contribution in [0.5, 0.6) is 5.75 Å². The summed E-state index contributed by atoms with van der Waals surface area (Å²) in [6, 6.07) is 7.33. The van der Waals surface area contributed by atoms with Crippen LogP contribution in [0.25, 0.3) is 0 Å². The summed E-state index contributed by atoms with van der Waals surface area (Å²) in [5.41, 5.74) is 3.22. The molecule has 6 nitrogen and oxygen atoms in total. The maximum Gasteiger partial charge on any atom is 0.259 e. The minimum atomic E-state index is -0.348. The third kappa shape index (κ3) is 12.1. The van der Waals surface area contributed by atoms with Crippen molar-refractivity contribution in [2.24, 2.45) is 5.10 Å². The molecule has 2 N–H and O–H groups in total. The number of hydrogen-bond acceptors (Lipinski definition) is 4. The standard InChI is InChI=1S/C22H35N3O3/c1-3-4-5-6-7-8-9-10-11-15-21(26)23-18-22(27)25-24-17-19-13-12-14-20(16-19)28-2/h12-14,16-17H,3-11,15,18H2,1-2H3,(H,23,26)(H,25,27). The summed E-state index contributed by atoms with van der Waals surface area (Å²) in [4.78, 5) is 23.5. The smallest absolute Gasteiger partial charge is 0.259 e. The van der Waals surface area contributed by atoms with Crippen molar-refractivity contribution in [3.05, 3.63) is 29.8 Å². The van der Waals surface area contributed by atoms with Crippen molar-refractivity contribution >= 4 is 18.0 Å². The van der Waals surface area contributed by atoms with Gasteiger partial charge in [0.05, 0.1) is 19.9 Å². The van der Waals surface area contributed by atoms with E-state index in [0.717, 1.165) is 24.2 Å². The van der Waals surface area contributed by atoms with Gasteiger partial charge in [-0.2, -0.15) is 5.10 Å². The zero-order valence-electron chi connectivity index (χ0n) is 17.3. The van der Waals surface area contributed by atoms with E-state index in [2.05, 4.69) is 22.8 Å². The average Bonchev–Trinajstić information content (AvgIpc) is 2.71. The number of carbonyl (C=O) groups excluding carboxylic acids is 2. The van der Waals surface area contributed by atoms with E-state index >= 15 is 0 Å². The summed E-state index contributed by atoms with van der Waals surface area (Å²) in [5, 5.41) is 6.52. The van der Waals surface area contributed by atoms with E-state index in [-0.39, 0.29) is 18.4 Å². The molecular weight excluding hydrogens is 354 g/mol. The molecule has 0 radical (unpaired) electrons. The van der Waals surface area contributed by atoms with Crippen LogP contribution in [0.2, 0.25) is 0 Å². The quantitative estimate of drug-likeness (QED) is 0.268. The van der Waals surface area contributed by atoms with Gasteiger partial charge in [0.2, 0.25) is 5.91 Å². The van der Waals surface area contributed by atoms with E-state index in [0.29, 0.717) is 6.42 Å². The Morgan fingerprint density at radius 1 is 1.00 bits per heavy atom. The molecule has 1 aromatic carbocycles. The summed E-state index contributed by atoms with van der Waals surface area (Å²) in [5.74, 6) is 0.286. The summed E-state index contributed by atoms with van der Waals surface area (Å²) in [6.07, 6.45) is 12.9. The first kappa shape index (κ1) is 23.7. The average molecular weight is 390 g/mol. The summed E-state index contributed by atoms with van der Waals surface area (Å²) in [7, 11) is 1.59. The van der Waals surface area contributed by atoms with Crippen LogP contribution in [0.4, 0.5) is 0 Å². The molecule has 1 aromatic rings. The van der Waals surface area contributed by atoms with Crippen molar-refractivity contribution in [2.45, 2.75) is 71.1 Å². The van der Waals surface area contributed by atoms with Crippen LogP contribution in [0.3, 0.4) is 0 Å². The number of amides is 2. The molecule has 0 aromatic heterocycles. The SMILES string of the molecule is CCCCCCCCCCCC(=O)NCC(=O)NN=Cc1cccc(OC)c1. The van der Waals surface area contributed by atoms with E-state index in [4.69, 9.17) is 4.74 Å². The van der Waals surface area contributed by atoms with E-state index in [1.54, 1.807) is 7.11 Å². The van der Waals surface area contributed by atoms with Crippen molar-refractivity contribution in [2.75, 3.05) is 13.7 Å². The third-order valence-corrected chi connectivity index (χ3v) is 4.45. The summed E-state index contributed by atoms with van der Waals surface area (Å²) >= 11 is 0. The van der Waals surface area contributed by atoms with E-state index in [1.165, 1.54) is 51.2 Å². The molecule has 0 spiro atoms. The highest BCUT2D eigenvalue weighted by molar-refractivity contribution is 5.86. The topological polar surface area (TPSA) is 79.8 Å². The molecule has 1 rings (SSSR count). The first-order valence-corrected chi connectivity index (χ1v) is 10.4. The van der Waals surface area contributed by atoms with Gasteiger partial charge in [-0.1, -0.05) is 70.4 Å². The number of unbranched alkanes of at least 4 members (excludes halogenated alkanes) is 8. The first-order chi connectivity index (χ1) is 13.7. The Morgan fingerprint density at radius 3 is 2.36 bits per heavy atom. The normalized spacial score (nSPS) is 10.8. The molecule has 0 aliphatic heterocycles. The number of carbonyl (C=O) groups is 2. The van der Waals surface area contributed by atoms with Crippen LogP contribution in [-0.4, -0.2) is 31.7 Å². The molecule has 0 aliphatic carbocycles. The van der Waals surface area contributed by atoms with Crippen LogP contribution < -0.4 is 15.5 Å². The molecule has 0 atom stereocenters. The molecular formula is C22H35N3O3. The summed E-state index contributed by atoms with van der Waals surface area (Å²) in [6.45, 7) is 2.16. The largest absolute Gasteiger partial charge is 0.497 e. The van der Waals surface area contributed by atoms with E-state index in [1.807, 2.05) is 24.3 Å². The van der Waals surface area contributed by atoms with Crippen molar-refractivity contribution in [1.82, 2.24) is 10.7 Å². The lowest BCUT2D eigenvalue weighted by molar-refractivity contribution is -0.126. The van der Waals surface area contributed by atoms with Gasteiger partial charge in [-0.25, -0.2) is 5.43 Å². The number of nitrogens with one attached hydrogen (secondary N) is 2. The molecule has 0 heterocycles. The Labute approximate surface area is 169 Å². The first-order valence-electron chi connectivity index (χ1n) is 10.4. The highest BCUT2D eigenvalue weighted by Gasteiger charge is 2.04. The monoisotopic (exact) mass is 389 g/mol. The minimum absolute atomic E-state index is 0.0638. The number of nitrogens with zero attached hydrogens (tertiary/aromatic N) is 1. The lowest BCUT2D eigenvalue weighted by atomic mass is 10.1. The van der Waals surface area contributed by atoms with Gasteiger partial charge in [0, 0.05) is 6.42 Å². The van der Waals surface area contributed by atoms with Crippen molar-refractivity contribution < 1.29 is 14.3 Å². The van der Waals surface area contributed by atoms with E-state index < -0.39 is 0 Å². The fourth-order valence-electron chi connectivity index (χ4n) is 2.80. The maximum absolute atomic E-state index is 11.8. The van der Waals surface area contributed by atoms with Crippen molar-refractivity contribution in [3.63, 3.8) is 0 Å². The van der Waals surface area contributed by atoms with Gasteiger partial charge in [0.1, 0.15) is 5.75 Å². The lowest BCUT2D eigenvalue weighted by Gasteiger charge is -2.05. The Kier molecular flexibility index (Phi) is 13.2. The molecule has 0 saturated heterocycles. The van der Waals surface area contributed by atoms with Gasteiger partial charge in [-0.05, 0) is 24.1 Å². The number of hydrogen-bond donors (Lipinski definition) is 2. The van der Waals surface area contributed by atoms with Gasteiger partial charge in [-0.15, -0.1) is 0 Å². The van der Waals surface area contributed by atoms with Crippen LogP contribution >= 0.6 is 0 Å². The highest BCUT2D eigenvalue weighted by Crippen LogP contribution is 2.11. The Balaban J connectivity index is 2.05. The van der Waals surface area contributed by atoms with Gasteiger partial charge in [0.25, 0.3) is 5.91 Å². The molecule has 28 heavy (non-hydrogen) atoms. The lowest BCUT2D eigenvalue weighted by Crippen LogP contribution is -2.34. The number of ether oxygens (including phenoxy) is 1.